The third-order valence-electron chi connectivity index (χ3n) is 5.18. The summed E-state index contributed by atoms with van der Waals surface area (Å²) in [4.78, 5) is 23.4. The number of nitrogens with zero attached hydrogens (tertiary/aromatic N) is 2. The minimum atomic E-state index is -0.281. The summed E-state index contributed by atoms with van der Waals surface area (Å²) in [5.41, 5.74) is 9.70. The molecule has 1 saturated carbocycles. The molecule has 2 aromatic rings. The number of nitrogens with two attached hydrogens (primary N) is 1. The van der Waals surface area contributed by atoms with Gasteiger partial charge < -0.3 is 5.73 Å². The van der Waals surface area contributed by atoms with E-state index in [1.807, 2.05) is 24.3 Å². The molecule has 4 rings (SSSR count). The Labute approximate surface area is 157 Å². The smallest absolute Gasteiger partial charge is 0.250 e. The van der Waals surface area contributed by atoms with Gasteiger partial charge in [0, 0.05) is 9.75 Å². The summed E-state index contributed by atoms with van der Waals surface area (Å²) >= 11 is 1.80. The summed E-state index contributed by atoms with van der Waals surface area (Å²) in [6.07, 6.45) is 6.28. The van der Waals surface area contributed by atoms with Crippen LogP contribution in [0.4, 0.5) is 5.69 Å². The van der Waals surface area contributed by atoms with E-state index in [9.17, 15) is 4.79 Å². The summed E-state index contributed by atoms with van der Waals surface area (Å²) in [7, 11) is 0. The molecule has 0 bridgehead atoms. The van der Waals surface area contributed by atoms with Crippen LogP contribution in [0, 0.1) is 12.8 Å². The van der Waals surface area contributed by atoms with E-state index in [0.29, 0.717) is 0 Å². The first kappa shape index (κ1) is 17.2. The zero-order chi connectivity index (χ0) is 18.1. The molecule has 26 heavy (non-hydrogen) atoms. The zero-order valence-corrected chi connectivity index (χ0v) is 15.8. The van der Waals surface area contributed by atoms with Crippen molar-refractivity contribution in [2.75, 3.05) is 0 Å². The predicted octanol–water partition coefficient (Wildman–Crippen LogP) is 4.47. The van der Waals surface area contributed by atoms with Gasteiger partial charge in [0.25, 0.3) is 0 Å². The summed E-state index contributed by atoms with van der Waals surface area (Å²) in [6, 6.07) is 11.0. The molecule has 1 aromatic carbocycles. The second kappa shape index (κ2) is 7.18. The van der Waals surface area contributed by atoms with Crippen molar-refractivity contribution in [2.24, 2.45) is 21.6 Å². The van der Waals surface area contributed by atoms with Crippen LogP contribution in [0.1, 0.15) is 50.5 Å². The highest BCUT2D eigenvalue weighted by molar-refractivity contribution is 7.12. The fourth-order valence-corrected chi connectivity index (χ4v) is 5.00. The first-order chi connectivity index (χ1) is 12.6. The van der Waals surface area contributed by atoms with Crippen molar-refractivity contribution in [3.8, 4) is 0 Å². The van der Waals surface area contributed by atoms with E-state index in [1.54, 1.807) is 11.3 Å². The Kier molecular flexibility index (Phi) is 4.75. The average molecular weight is 366 g/mol. The van der Waals surface area contributed by atoms with Gasteiger partial charge in [0.15, 0.2) is 0 Å². The standard InChI is InChI=1S/C21H23N3OS/c1-13-2-6-15(7-3-13)23-12-24-16-8-9-18-17(11-16)20(21(22)25)19(26-18)10-14-4-5-14/h2-3,6-7,14,16H,4-5,8-11H2,1H3,(H2,22,25). The maximum Gasteiger partial charge on any atom is 0.250 e. The van der Waals surface area contributed by atoms with Gasteiger partial charge in [-0.1, -0.05) is 17.7 Å². The summed E-state index contributed by atoms with van der Waals surface area (Å²) < 4.78 is 0. The highest BCUT2D eigenvalue weighted by Crippen LogP contribution is 2.40. The van der Waals surface area contributed by atoms with Crippen molar-refractivity contribution < 1.29 is 4.79 Å². The van der Waals surface area contributed by atoms with Crippen LogP contribution in [-0.2, 0) is 19.3 Å². The number of thiophene rings is 1. The topological polar surface area (TPSA) is 67.8 Å². The Morgan fingerprint density at radius 3 is 2.73 bits per heavy atom. The third-order valence-corrected chi connectivity index (χ3v) is 6.49. The lowest BCUT2D eigenvalue weighted by Gasteiger charge is -2.18. The van der Waals surface area contributed by atoms with E-state index in [4.69, 9.17) is 5.73 Å². The molecule has 2 aliphatic carbocycles. The van der Waals surface area contributed by atoms with Crippen LogP contribution >= 0.6 is 11.3 Å². The number of carbonyl (C=O) groups is 1. The van der Waals surface area contributed by atoms with Gasteiger partial charge in [-0.2, -0.15) is 4.99 Å². The molecule has 1 fully saturated rings. The lowest BCUT2D eigenvalue weighted by atomic mass is 9.90. The Hall–Kier alpha value is -2.23. The second-order valence-corrected chi connectivity index (χ2v) is 8.58. The van der Waals surface area contributed by atoms with Crippen LogP contribution in [0.5, 0.6) is 0 Å². The molecule has 2 N–H and O–H groups in total. The molecule has 0 aliphatic heterocycles. The number of primary amides is 1. The summed E-state index contributed by atoms with van der Waals surface area (Å²) in [6.45, 7) is 2.05. The van der Waals surface area contributed by atoms with Crippen molar-refractivity contribution in [3.63, 3.8) is 0 Å². The molecule has 1 heterocycles. The van der Waals surface area contributed by atoms with Crippen LogP contribution in [0.3, 0.4) is 0 Å². The number of hydrogen-bond donors (Lipinski definition) is 1. The molecule has 2 aliphatic rings. The second-order valence-electron chi connectivity index (χ2n) is 7.39. The maximum absolute atomic E-state index is 12.1. The first-order valence-corrected chi connectivity index (χ1v) is 10.1. The first-order valence-electron chi connectivity index (χ1n) is 9.25. The molecule has 0 spiro atoms. The molecule has 134 valence electrons. The van der Waals surface area contributed by atoms with E-state index >= 15 is 0 Å². The fourth-order valence-electron chi connectivity index (χ4n) is 3.53. The summed E-state index contributed by atoms with van der Waals surface area (Å²) in [5, 5.41) is 0. The molecule has 4 nitrogen and oxygen atoms in total. The average Bonchev–Trinajstić information content (AvgIpc) is 3.35. The normalized spacial score (nSPS) is 18.7. The van der Waals surface area contributed by atoms with Gasteiger partial charge in [-0.05, 0) is 69.1 Å². The van der Waals surface area contributed by atoms with Gasteiger partial charge in [0.1, 0.15) is 0 Å². The number of amides is 1. The number of fused-ring (bicyclic) bond motifs is 1. The van der Waals surface area contributed by atoms with Gasteiger partial charge in [-0.25, -0.2) is 4.99 Å². The molecule has 0 radical (unpaired) electrons. The van der Waals surface area contributed by atoms with Crippen molar-refractivity contribution in [1.29, 1.82) is 0 Å². The van der Waals surface area contributed by atoms with Gasteiger partial charge >= 0.3 is 0 Å². The predicted molar refractivity (Wildman–Crippen MR) is 106 cm³/mol. The van der Waals surface area contributed by atoms with Gasteiger partial charge in [-0.15, -0.1) is 11.3 Å². The van der Waals surface area contributed by atoms with Crippen LogP contribution < -0.4 is 5.73 Å². The lowest BCUT2D eigenvalue weighted by molar-refractivity contribution is 0.0998. The van der Waals surface area contributed by atoms with E-state index in [-0.39, 0.29) is 11.9 Å². The van der Waals surface area contributed by atoms with Crippen LogP contribution in [0.2, 0.25) is 0 Å². The Bertz CT molecular complexity index is 887. The van der Waals surface area contributed by atoms with Crippen LogP contribution in [-0.4, -0.2) is 18.0 Å². The molecule has 0 saturated heterocycles. The molecule has 1 amide bonds. The van der Waals surface area contributed by atoms with Crippen molar-refractivity contribution in [3.05, 3.63) is 50.7 Å². The summed E-state index contributed by atoms with van der Waals surface area (Å²) in [5.74, 6) is 0.472. The monoisotopic (exact) mass is 365 g/mol. The fraction of sp³-hybridized carbons (Fsp3) is 0.429. The van der Waals surface area contributed by atoms with E-state index in [2.05, 4.69) is 22.9 Å². The Morgan fingerprint density at radius 2 is 2.04 bits per heavy atom. The Morgan fingerprint density at radius 1 is 1.27 bits per heavy atom. The molecular weight excluding hydrogens is 342 g/mol. The van der Waals surface area contributed by atoms with E-state index in [0.717, 1.165) is 48.4 Å². The minimum Gasteiger partial charge on any atom is -0.366 e. The number of aliphatic imine (C=N–C) groups is 2. The van der Waals surface area contributed by atoms with Crippen molar-refractivity contribution >= 4 is 28.9 Å². The minimum absolute atomic E-state index is 0.123. The number of rotatable bonds is 5. The molecule has 1 aromatic heterocycles. The van der Waals surface area contributed by atoms with Crippen LogP contribution in [0.25, 0.3) is 0 Å². The molecule has 1 unspecified atom stereocenters. The number of hydrogen-bond acceptors (Lipinski definition) is 4. The largest absolute Gasteiger partial charge is 0.366 e. The van der Waals surface area contributed by atoms with E-state index < -0.39 is 0 Å². The Balaban J connectivity index is 1.53. The molecule has 1 atom stereocenters. The van der Waals surface area contributed by atoms with Gasteiger partial charge in [0.2, 0.25) is 5.91 Å². The molecular formula is C21H23N3OS. The quantitative estimate of drug-likeness (QED) is 0.780. The number of aryl methyl sites for hydroxylation is 2. The van der Waals surface area contributed by atoms with Crippen molar-refractivity contribution in [2.45, 2.75) is 51.5 Å². The molecule has 5 heteroatoms. The highest BCUT2D eigenvalue weighted by atomic mass is 32.1. The third kappa shape index (κ3) is 3.79. The lowest BCUT2D eigenvalue weighted by Crippen LogP contribution is -2.21. The van der Waals surface area contributed by atoms with Gasteiger partial charge in [0.05, 0.1) is 23.3 Å². The number of benzene rings is 1. The number of carbonyl (C=O) groups excluding carboxylic acids is 1. The maximum atomic E-state index is 12.1. The van der Waals surface area contributed by atoms with Crippen LogP contribution in [0.15, 0.2) is 34.3 Å². The highest BCUT2D eigenvalue weighted by Gasteiger charge is 2.31. The zero-order valence-electron chi connectivity index (χ0n) is 15.0. The SMILES string of the molecule is Cc1ccc(N=C=NC2CCc3sc(CC4CC4)c(C(N)=O)c3C2)cc1. The van der Waals surface area contributed by atoms with Gasteiger partial charge in [-0.3, -0.25) is 4.79 Å². The van der Waals surface area contributed by atoms with Crippen molar-refractivity contribution in [1.82, 2.24) is 0 Å². The van der Waals surface area contributed by atoms with E-state index in [1.165, 1.54) is 28.2 Å².